The van der Waals surface area contributed by atoms with E-state index in [-0.39, 0.29) is 11.9 Å². The normalized spacial score (nSPS) is 19.7. The van der Waals surface area contributed by atoms with Crippen LogP contribution in [0.4, 0.5) is 20.6 Å². The molecular weight excluding hydrogens is 415 g/mol. The van der Waals surface area contributed by atoms with Crippen LogP contribution in [0.1, 0.15) is 25.5 Å². The SMILES string of the molecule is CC(=O)CC[C@H]1CN(c2ccc(N3CCON(Cc4ccccn4)CC3)c(F)c2)C(=O)O1. The van der Waals surface area contributed by atoms with Gasteiger partial charge in [-0.3, -0.25) is 14.7 Å². The van der Waals surface area contributed by atoms with E-state index in [1.54, 1.807) is 18.3 Å². The minimum Gasteiger partial charge on any atom is -0.444 e. The van der Waals surface area contributed by atoms with Crippen LogP contribution in [-0.2, 0) is 20.9 Å². The number of carbonyl (C=O) groups is 2. The van der Waals surface area contributed by atoms with Gasteiger partial charge in [0.15, 0.2) is 0 Å². The number of ketones is 1. The van der Waals surface area contributed by atoms with Crippen LogP contribution in [0.3, 0.4) is 0 Å². The number of hydrogen-bond acceptors (Lipinski definition) is 7. The topological polar surface area (TPSA) is 75.2 Å². The summed E-state index contributed by atoms with van der Waals surface area (Å²) in [5.74, 6) is -0.351. The van der Waals surface area contributed by atoms with E-state index in [1.807, 2.05) is 28.2 Å². The highest BCUT2D eigenvalue weighted by Crippen LogP contribution is 2.29. The van der Waals surface area contributed by atoms with Gasteiger partial charge in [-0.25, -0.2) is 9.18 Å². The van der Waals surface area contributed by atoms with Crippen LogP contribution in [0.25, 0.3) is 0 Å². The zero-order chi connectivity index (χ0) is 22.5. The Bertz CT molecular complexity index is 958. The second kappa shape index (κ2) is 10.1. The number of Topliss-reactive ketones (excluding diaryl/α,β-unsaturated/α-hetero) is 1. The molecule has 1 aromatic carbocycles. The van der Waals surface area contributed by atoms with Crippen LogP contribution >= 0.6 is 0 Å². The van der Waals surface area contributed by atoms with E-state index in [1.165, 1.54) is 17.9 Å². The van der Waals surface area contributed by atoms with Crippen molar-refractivity contribution in [3.05, 3.63) is 54.1 Å². The third-order valence-corrected chi connectivity index (χ3v) is 5.59. The van der Waals surface area contributed by atoms with Gasteiger partial charge in [-0.2, -0.15) is 5.06 Å². The lowest BCUT2D eigenvalue weighted by atomic mass is 10.1. The predicted octanol–water partition coefficient (Wildman–Crippen LogP) is 3.17. The number of aromatic nitrogens is 1. The number of nitrogens with zero attached hydrogens (tertiary/aromatic N) is 4. The number of carbonyl (C=O) groups excluding carboxylic acids is 2. The van der Waals surface area contributed by atoms with Crippen molar-refractivity contribution in [2.45, 2.75) is 32.4 Å². The maximum absolute atomic E-state index is 15.0. The van der Waals surface area contributed by atoms with E-state index in [4.69, 9.17) is 9.57 Å². The molecule has 2 saturated heterocycles. The molecule has 0 spiro atoms. The molecule has 0 N–H and O–H groups in total. The van der Waals surface area contributed by atoms with Crippen molar-refractivity contribution in [3.63, 3.8) is 0 Å². The van der Waals surface area contributed by atoms with Crippen LogP contribution in [0.5, 0.6) is 0 Å². The molecule has 4 rings (SSSR count). The molecule has 1 atom stereocenters. The van der Waals surface area contributed by atoms with Gasteiger partial charge in [0.1, 0.15) is 17.7 Å². The number of pyridine rings is 1. The van der Waals surface area contributed by atoms with Crippen LogP contribution in [0.2, 0.25) is 0 Å². The Labute approximate surface area is 186 Å². The summed E-state index contributed by atoms with van der Waals surface area (Å²) in [4.78, 5) is 36.9. The highest BCUT2D eigenvalue weighted by Gasteiger charge is 2.33. The van der Waals surface area contributed by atoms with Crippen LogP contribution in [0, 0.1) is 5.82 Å². The van der Waals surface area contributed by atoms with E-state index < -0.39 is 11.9 Å². The second-order valence-electron chi connectivity index (χ2n) is 8.00. The molecule has 2 aliphatic heterocycles. The minimum atomic E-state index is -0.515. The number of hydrogen-bond donors (Lipinski definition) is 0. The van der Waals surface area contributed by atoms with Gasteiger partial charge in [0.2, 0.25) is 0 Å². The smallest absolute Gasteiger partial charge is 0.414 e. The zero-order valence-electron chi connectivity index (χ0n) is 18.1. The molecule has 2 fully saturated rings. The lowest BCUT2D eigenvalue weighted by molar-refractivity contribution is -0.155. The molecule has 9 heteroatoms. The average Bonchev–Trinajstić information content (AvgIpc) is 3.00. The number of amides is 1. The first kappa shape index (κ1) is 22.2. The number of hydroxylamine groups is 2. The maximum atomic E-state index is 15.0. The Morgan fingerprint density at radius 2 is 2.09 bits per heavy atom. The maximum Gasteiger partial charge on any atom is 0.414 e. The van der Waals surface area contributed by atoms with Crippen molar-refractivity contribution in [1.29, 1.82) is 0 Å². The molecule has 1 amide bonds. The molecule has 32 heavy (non-hydrogen) atoms. The molecule has 0 bridgehead atoms. The first-order chi connectivity index (χ1) is 15.5. The van der Waals surface area contributed by atoms with E-state index in [0.717, 1.165) is 5.69 Å². The third kappa shape index (κ3) is 5.41. The van der Waals surface area contributed by atoms with Crippen molar-refractivity contribution in [3.8, 4) is 0 Å². The summed E-state index contributed by atoms with van der Waals surface area (Å²) in [6.07, 6.45) is 1.70. The molecule has 3 heterocycles. The number of halogens is 1. The van der Waals surface area contributed by atoms with E-state index >= 15 is 4.39 Å². The monoisotopic (exact) mass is 442 g/mol. The van der Waals surface area contributed by atoms with Gasteiger partial charge in [0, 0.05) is 32.3 Å². The van der Waals surface area contributed by atoms with Gasteiger partial charge < -0.3 is 14.4 Å². The predicted molar refractivity (Wildman–Crippen MR) is 117 cm³/mol. The highest BCUT2D eigenvalue weighted by molar-refractivity contribution is 5.90. The summed E-state index contributed by atoms with van der Waals surface area (Å²) in [6, 6.07) is 10.5. The molecule has 170 valence electrons. The van der Waals surface area contributed by atoms with Crippen molar-refractivity contribution in [2.75, 3.05) is 42.6 Å². The van der Waals surface area contributed by atoms with Gasteiger partial charge in [-0.1, -0.05) is 6.07 Å². The zero-order valence-corrected chi connectivity index (χ0v) is 18.1. The molecule has 0 unspecified atom stereocenters. The minimum absolute atomic E-state index is 0.0509. The summed E-state index contributed by atoms with van der Waals surface area (Å²) in [5.41, 5.74) is 1.83. The standard InChI is InChI=1S/C23H27FN4O4/c1-17(29)5-7-20-16-28(23(30)32-20)19-6-8-22(21(24)14-19)26-10-11-27(31-13-12-26)15-18-4-2-3-9-25-18/h2-4,6,8-9,14,20H,5,7,10-13,15-16H2,1H3/t20-/m0/s1. The van der Waals surface area contributed by atoms with Gasteiger partial charge in [-0.15, -0.1) is 0 Å². The highest BCUT2D eigenvalue weighted by atomic mass is 19.1. The lowest BCUT2D eigenvalue weighted by Crippen LogP contribution is -2.31. The molecule has 1 aromatic heterocycles. The number of benzene rings is 1. The summed E-state index contributed by atoms with van der Waals surface area (Å²) in [6.45, 7) is 4.57. The molecule has 8 nitrogen and oxygen atoms in total. The number of anilines is 2. The van der Waals surface area contributed by atoms with Crippen LogP contribution < -0.4 is 9.80 Å². The Morgan fingerprint density at radius 1 is 1.22 bits per heavy atom. The van der Waals surface area contributed by atoms with Crippen LogP contribution in [-0.4, -0.2) is 60.8 Å². The Kier molecular flexibility index (Phi) is 6.96. The fraction of sp³-hybridized carbons (Fsp3) is 0.435. The summed E-state index contributed by atoms with van der Waals surface area (Å²) in [5, 5.41) is 1.84. The fourth-order valence-electron chi connectivity index (χ4n) is 3.89. The third-order valence-electron chi connectivity index (χ3n) is 5.59. The van der Waals surface area contributed by atoms with Crippen LogP contribution in [0.15, 0.2) is 42.6 Å². The van der Waals surface area contributed by atoms with Gasteiger partial charge in [0.25, 0.3) is 0 Å². The van der Waals surface area contributed by atoms with Crippen molar-refractivity contribution in [1.82, 2.24) is 10.0 Å². The molecule has 0 aliphatic carbocycles. The van der Waals surface area contributed by atoms with Gasteiger partial charge >= 0.3 is 6.09 Å². The van der Waals surface area contributed by atoms with E-state index in [9.17, 15) is 9.59 Å². The molecule has 2 aromatic rings. The number of ether oxygens (including phenoxy) is 1. The van der Waals surface area contributed by atoms with Gasteiger partial charge in [-0.05, 0) is 43.7 Å². The van der Waals surface area contributed by atoms with E-state index in [2.05, 4.69) is 4.98 Å². The first-order valence-electron chi connectivity index (χ1n) is 10.8. The molecule has 0 radical (unpaired) electrons. The van der Waals surface area contributed by atoms with Crippen molar-refractivity contribution >= 4 is 23.3 Å². The average molecular weight is 442 g/mol. The Hall–Kier alpha value is -3.04. The summed E-state index contributed by atoms with van der Waals surface area (Å²) < 4.78 is 20.3. The van der Waals surface area contributed by atoms with Crippen molar-refractivity contribution < 1.29 is 23.6 Å². The Morgan fingerprint density at radius 3 is 2.84 bits per heavy atom. The first-order valence-corrected chi connectivity index (χ1v) is 10.8. The van der Waals surface area contributed by atoms with Crippen molar-refractivity contribution in [2.24, 2.45) is 0 Å². The number of rotatable bonds is 7. The summed E-state index contributed by atoms with van der Waals surface area (Å²) in [7, 11) is 0. The van der Waals surface area contributed by atoms with E-state index in [0.29, 0.717) is 63.5 Å². The molecular formula is C23H27FN4O4. The Balaban J connectivity index is 1.38. The largest absolute Gasteiger partial charge is 0.444 e. The molecule has 2 aliphatic rings. The quantitative estimate of drug-likeness (QED) is 0.652. The second-order valence-corrected chi connectivity index (χ2v) is 8.00. The molecule has 0 saturated carbocycles. The lowest BCUT2D eigenvalue weighted by Gasteiger charge is -2.24. The summed E-state index contributed by atoms with van der Waals surface area (Å²) >= 11 is 0. The number of cyclic esters (lactones) is 1. The fourth-order valence-corrected chi connectivity index (χ4v) is 3.89. The van der Waals surface area contributed by atoms with Gasteiger partial charge in [0.05, 0.1) is 36.8 Å².